The molecule has 5 aromatic rings. The number of benzene rings is 2. The van der Waals surface area contributed by atoms with Crippen molar-refractivity contribution in [3.05, 3.63) is 122 Å². The predicted octanol–water partition coefficient (Wildman–Crippen LogP) is 4.56. The fourth-order valence-electron chi connectivity index (χ4n) is 4.62. The summed E-state index contributed by atoms with van der Waals surface area (Å²) in [7, 11) is 0. The van der Waals surface area contributed by atoms with Crippen LogP contribution in [-0.2, 0) is 19.4 Å². The number of H-pyrrole nitrogens is 1. The zero-order valence-electron chi connectivity index (χ0n) is 22.5. The Labute approximate surface area is 269 Å². The van der Waals surface area contributed by atoms with Crippen molar-refractivity contribution in [3.8, 4) is 22.5 Å². The Morgan fingerprint density at radius 2 is 1.69 bits per heavy atom. The number of aromatic amines is 1. The first kappa shape index (κ1) is 29.0. The normalized spacial score (nSPS) is 10.8. The summed E-state index contributed by atoms with van der Waals surface area (Å²) in [5, 5.41) is 3.84. The SMILES string of the molecule is CCCCc1nc(C)n(Cc2ccccn2)c(=O)c1Cc1ccc(-c2ccccc2-c2noc(=O)[nH]2)cc1.[K]. The molecule has 1 N–H and O–H groups in total. The number of hydrogen-bond acceptors (Lipinski definition) is 6. The van der Waals surface area contributed by atoms with E-state index in [9.17, 15) is 9.59 Å². The van der Waals surface area contributed by atoms with Gasteiger partial charge in [0.15, 0.2) is 5.82 Å². The summed E-state index contributed by atoms with van der Waals surface area (Å²) in [5.41, 5.74) is 6.08. The van der Waals surface area contributed by atoms with Gasteiger partial charge in [0.2, 0.25) is 0 Å². The first-order valence-corrected chi connectivity index (χ1v) is 12.8. The molecular formula is C30H29KN5O3. The third kappa shape index (κ3) is 6.80. The second-order valence-corrected chi connectivity index (χ2v) is 9.26. The van der Waals surface area contributed by atoms with Crippen molar-refractivity contribution in [2.75, 3.05) is 0 Å². The molecule has 0 fully saturated rings. The maximum atomic E-state index is 13.7. The molecule has 39 heavy (non-hydrogen) atoms. The van der Waals surface area contributed by atoms with E-state index in [1.54, 1.807) is 10.8 Å². The Balaban J connectivity index is 0.00000353. The van der Waals surface area contributed by atoms with Crippen LogP contribution in [0.25, 0.3) is 22.5 Å². The molecule has 0 saturated heterocycles. The molecule has 1 radical (unpaired) electrons. The van der Waals surface area contributed by atoms with E-state index in [1.165, 1.54) is 0 Å². The Bertz CT molecular complexity index is 1660. The molecule has 0 saturated carbocycles. The largest absolute Gasteiger partial charge is 0.439 e. The minimum atomic E-state index is -0.593. The zero-order valence-corrected chi connectivity index (χ0v) is 25.6. The molecule has 3 aromatic heterocycles. The van der Waals surface area contributed by atoms with Crippen LogP contribution < -0.4 is 11.3 Å². The molecule has 9 heteroatoms. The van der Waals surface area contributed by atoms with Crippen molar-refractivity contribution in [1.29, 1.82) is 0 Å². The van der Waals surface area contributed by atoms with E-state index in [-0.39, 0.29) is 56.9 Å². The van der Waals surface area contributed by atoms with Gasteiger partial charge in [-0.25, -0.2) is 9.78 Å². The fourth-order valence-corrected chi connectivity index (χ4v) is 4.62. The molecule has 193 valence electrons. The Kier molecular flexibility index (Phi) is 9.98. The third-order valence-corrected chi connectivity index (χ3v) is 6.62. The molecule has 0 spiro atoms. The van der Waals surface area contributed by atoms with Gasteiger partial charge >= 0.3 is 5.76 Å². The number of aromatic nitrogens is 5. The number of hydrogen-bond donors (Lipinski definition) is 1. The number of nitrogens with zero attached hydrogens (tertiary/aromatic N) is 4. The van der Waals surface area contributed by atoms with E-state index in [2.05, 4.69) is 22.0 Å². The van der Waals surface area contributed by atoms with Gasteiger partial charge in [-0.05, 0) is 48.6 Å². The summed E-state index contributed by atoms with van der Waals surface area (Å²) in [6.45, 7) is 4.41. The van der Waals surface area contributed by atoms with Crippen LogP contribution in [0.3, 0.4) is 0 Å². The second-order valence-electron chi connectivity index (χ2n) is 9.26. The number of nitrogens with one attached hydrogen (secondary N) is 1. The summed E-state index contributed by atoms with van der Waals surface area (Å²) < 4.78 is 6.42. The van der Waals surface area contributed by atoms with Crippen LogP contribution in [0.1, 0.15) is 48.1 Å². The van der Waals surface area contributed by atoms with E-state index in [4.69, 9.17) is 9.51 Å². The average Bonchev–Trinajstić information content (AvgIpc) is 3.38. The first-order valence-electron chi connectivity index (χ1n) is 12.8. The van der Waals surface area contributed by atoms with Crippen LogP contribution in [0.2, 0.25) is 0 Å². The number of rotatable bonds is 9. The molecule has 8 nitrogen and oxygen atoms in total. The average molecular weight is 547 g/mol. The van der Waals surface area contributed by atoms with Crippen LogP contribution in [0.5, 0.6) is 0 Å². The minimum Gasteiger partial charge on any atom is -0.296 e. The van der Waals surface area contributed by atoms with Gasteiger partial charge in [0.05, 0.1) is 17.9 Å². The number of pyridine rings is 1. The van der Waals surface area contributed by atoms with Crippen LogP contribution in [0.4, 0.5) is 0 Å². The summed E-state index contributed by atoms with van der Waals surface area (Å²) in [6.07, 6.45) is 5.00. The summed E-state index contributed by atoms with van der Waals surface area (Å²) in [6, 6.07) is 21.5. The smallest absolute Gasteiger partial charge is 0.296 e. The van der Waals surface area contributed by atoms with Crippen LogP contribution >= 0.6 is 0 Å². The van der Waals surface area contributed by atoms with Gasteiger partial charge in [0.25, 0.3) is 5.56 Å². The molecule has 0 bridgehead atoms. The van der Waals surface area contributed by atoms with Gasteiger partial charge in [-0.15, -0.1) is 0 Å². The van der Waals surface area contributed by atoms with Gasteiger partial charge in [0.1, 0.15) is 5.82 Å². The van der Waals surface area contributed by atoms with Gasteiger partial charge < -0.3 is 0 Å². The third-order valence-electron chi connectivity index (χ3n) is 6.62. The summed E-state index contributed by atoms with van der Waals surface area (Å²) >= 11 is 0. The standard InChI is InChI=1S/C30H29N5O3.K/c1-3-4-12-27-26(29(36)35(20(2)32-27)19-23-9-7-8-17-31-23)18-21-13-15-22(16-14-21)24-10-5-6-11-25(24)28-33-30(37)38-34-28;/h5-11,13-17H,3-4,12,18-19H2,1-2H3,(H,33,34,37);. The predicted molar refractivity (Wildman–Crippen MR) is 152 cm³/mol. The van der Waals surface area contributed by atoms with Crippen molar-refractivity contribution in [2.24, 2.45) is 0 Å². The van der Waals surface area contributed by atoms with Gasteiger partial charge in [-0.3, -0.25) is 23.9 Å². The second kappa shape index (κ2) is 13.4. The molecular weight excluding hydrogens is 517 g/mol. The first-order chi connectivity index (χ1) is 18.5. The summed E-state index contributed by atoms with van der Waals surface area (Å²) in [5.74, 6) is 0.493. The quantitative estimate of drug-likeness (QED) is 0.272. The molecule has 3 heterocycles. The van der Waals surface area contributed by atoms with E-state index >= 15 is 0 Å². The van der Waals surface area contributed by atoms with Crippen molar-refractivity contribution < 1.29 is 4.52 Å². The van der Waals surface area contributed by atoms with Crippen LogP contribution in [0.15, 0.2) is 87.0 Å². The Hall–Kier alpha value is -2.95. The maximum Gasteiger partial charge on any atom is 0.439 e. The Morgan fingerprint density at radius 1 is 0.949 bits per heavy atom. The van der Waals surface area contributed by atoms with Gasteiger partial charge in [-0.1, -0.05) is 73.1 Å². The summed E-state index contributed by atoms with van der Waals surface area (Å²) in [4.78, 5) is 37.1. The van der Waals surface area contributed by atoms with Gasteiger partial charge in [-0.2, -0.15) is 0 Å². The van der Waals surface area contributed by atoms with Crippen molar-refractivity contribution >= 4 is 51.4 Å². The number of unbranched alkanes of at least 4 members (excludes halogenated alkanes) is 1. The van der Waals surface area contributed by atoms with E-state index < -0.39 is 5.76 Å². The molecule has 0 atom stereocenters. The number of aryl methyl sites for hydroxylation is 2. The van der Waals surface area contributed by atoms with Crippen molar-refractivity contribution in [2.45, 2.75) is 46.1 Å². The van der Waals surface area contributed by atoms with Crippen LogP contribution in [-0.4, -0.2) is 76.1 Å². The molecule has 0 aliphatic heterocycles. The molecule has 2 aromatic carbocycles. The molecule has 0 unspecified atom stereocenters. The maximum absolute atomic E-state index is 13.7. The van der Waals surface area contributed by atoms with Crippen molar-refractivity contribution in [3.63, 3.8) is 0 Å². The van der Waals surface area contributed by atoms with E-state index in [1.807, 2.05) is 73.7 Å². The van der Waals surface area contributed by atoms with E-state index in [0.717, 1.165) is 58.5 Å². The minimum absolute atomic E-state index is 0. The zero-order chi connectivity index (χ0) is 26.5. The topological polar surface area (TPSA) is 107 Å². The monoisotopic (exact) mass is 546 g/mol. The molecule has 0 aliphatic rings. The molecule has 5 rings (SSSR count). The van der Waals surface area contributed by atoms with Gasteiger partial charge in [0, 0.05) is 75.1 Å². The molecule has 0 aliphatic carbocycles. The molecule has 0 amide bonds. The van der Waals surface area contributed by atoms with Crippen LogP contribution in [0, 0.1) is 6.92 Å². The fraction of sp³-hybridized carbons (Fsp3) is 0.233. The Morgan fingerprint density at radius 3 is 2.36 bits per heavy atom. The van der Waals surface area contributed by atoms with Crippen molar-refractivity contribution in [1.82, 2.24) is 24.7 Å². The van der Waals surface area contributed by atoms with E-state index in [0.29, 0.717) is 24.6 Å².